The average Bonchev–Trinajstić information content (AvgIpc) is 2.18. The molecule has 0 aliphatic carbocycles. The van der Waals surface area contributed by atoms with Crippen LogP contribution in [0.1, 0.15) is 11.6 Å². The Morgan fingerprint density at radius 3 is 2.29 bits per heavy atom. The molecule has 0 radical (unpaired) electrons. The molecule has 0 saturated carbocycles. The molecule has 0 fully saturated rings. The molecule has 3 N–H and O–H groups in total. The van der Waals surface area contributed by atoms with E-state index in [0.717, 1.165) is 6.07 Å². The first-order chi connectivity index (χ1) is 7.25. The maximum Gasteiger partial charge on any atom is 0.416 e. The molecular weight excluding hydrogens is 329 g/mol. The third-order valence-corrected chi connectivity index (χ3v) is 2.85. The summed E-state index contributed by atoms with van der Waals surface area (Å²) in [6.07, 6.45) is -7.57. The molecule has 0 amide bonds. The van der Waals surface area contributed by atoms with Crippen molar-refractivity contribution in [1.29, 1.82) is 0 Å². The van der Waals surface area contributed by atoms with Crippen LogP contribution >= 0.6 is 28.3 Å². The quantitative estimate of drug-likeness (QED) is 0.815. The minimum absolute atomic E-state index is 0. The molecule has 98 valence electrons. The van der Waals surface area contributed by atoms with Crippen LogP contribution in [0, 0.1) is 5.82 Å². The van der Waals surface area contributed by atoms with Crippen LogP contribution in [-0.2, 0) is 0 Å². The van der Waals surface area contributed by atoms with Gasteiger partial charge in [-0.05, 0) is 27.6 Å². The smallest absolute Gasteiger partial charge is 0.382 e. The first kappa shape index (κ1) is 16.6. The van der Waals surface area contributed by atoms with Crippen LogP contribution < -0.4 is 5.73 Å². The van der Waals surface area contributed by atoms with Crippen molar-refractivity contribution in [3.63, 3.8) is 0 Å². The van der Waals surface area contributed by atoms with Gasteiger partial charge in [0.25, 0.3) is 0 Å². The molecule has 0 aliphatic heterocycles. The molecule has 0 spiro atoms. The number of nitrogens with two attached hydrogens (primary N) is 1. The summed E-state index contributed by atoms with van der Waals surface area (Å²) in [5, 5.41) is 8.93. The highest BCUT2D eigenvalue weighted by Gasteiger charge is 2.43. The van der Waals surface area contributed by atoms with Gasteiger partial charge in [-0.15, -0.1) is 12.4 Å². The molecule has 0 heterocycles. The molecule has 1 rings (SSSR count). The highest BCUT2D eigenvalue weighted by Crippen LogP contribution is 2.32. The van der Waals surface area contributed by atoms with Crippen LogP contribution in [0.15, 0.2) is 22.7 Å². The summed E-state index contributed by atoms with van der Waals surface area (Å²) >= 11 is 2.78. The van der Waals surface area contributed by atoms with E-state index in [-0.39, 0.29) is 22.4 Å². The molecule has 0 unspecified atom stereocenters. The fraction of sp³-hybridized carbons (Fsp3) is 0.333. The Balaban J connectivity index is 0.00000256. The van der Waals surface area contributed by atoms with Gasteiger partial charge >= 0.3 is 6.18 Å². The summed E-state index contributed by atoms with van der Waals surface area (Å²) in [6, 6.07) is 1.77. The van der Waals surface area contributed by atoms with Gasteiger partial charge in [0, 0.05) is 0 Å². The zero-order valence-electron chi connectivity index (χ0n) is 8.21. The van der Waals surface area contributed by atoms with E-state index < -0.39 is 24.1 Å². The van der Waals surface area contributed by atoms with E-state index in [1.807, 2.05) is 0 Å². The summed E-state index contributed by atoms with van der Waals surface area (Å²) in [5.41, 5.74) is 5.09. The first-order valence-electron chi connectivity index (χ1n) is 4.19. The monoisotopic (exact) mass is 337 g/mol. The zero-order chi connectivity index (χ0) is 12.5. The van der Waals surface area contributed by atoms with Crippen molar-refractivity contribution in [2.45, 2.75) is 18.3 Å². The van der Waals surface area contributed by atoms with E-state index in [9.17, 15) is 17.6 Å². The second-order valence-corrected chi connectivity index (χ2v) is 3.95. The maximum absolute atomic E-state index is 13.0. The standard InChI is InChI=1S/C9H8BrF4NO.ClH/c10-6-4(2-1-3-5(6)11)7(15)8(16)9(12,13)14;/h1-3,7-8,16H,15H2;1H/t7-,8-;/m0./s1. The molecule has 0 bridgehead atoms. The SMILES string of the molecule is Cl.N[C@@H](c1cccc(F)c1Br)[C@H](O)C(F)(F)F. The highest BCUT2D eigenvalue weighted by molar-refractivity contribution is 9.10. The predicted octanol–water partition coefficient (Wildman–Crippen LogP) is 2.93. The Labute approximate surface area is 109 Å². The van der Waals surface area contributed by atoms with Crippen molar-refractivity contribution in [1.82, 2.24) is 0 Å². The Morgan fingerprint density at radius 1 is 1.29 bits per heavy atom. The van der Waals surface area contributed by atoms with Crippen LogP contribution in [0.5, 0.6) is 0 Å². The van der Waals surface area contributed by atoms with Crippen molar-refractivity contribution in [3.05, 3.63) is 34.1 Å². The van der Waals surface area contributed by atoms with Gasteiger partial charge < -0.3 is 10.8 Å². The minimum Gasteiger partial charge on any atom is -0.382 e. The van der Waals surface area contributed by atoms with Crippen LogP contribution in [-0.4, -0.2) is 17.4 Å². The van der Waals surface area contributed by atoms with Crippen LogP contribution in [0.3, 0.4) is 0 Å². The lowest BCUT2D eigenvalue weighted by Crippen LogP contribution is -2.39. The maximum atomic E-state index is 13.0. The topological polar surface area (TPSA) is 46.2 Å². The summed E-state index contributed by atoms with van der Waals surface area (Å²) in [7, 11) is 0. The van der Waals surface area contributed by atoms with Crippen molar-refractivity contribution in [2.75, 3.05) is 0 Å². The Bertz CT molecular complexity index is 388. The second kappa shape index (κ2) is 5.99. The zero-order valence-corrected chi connectivity index (χ0v) is 10.6. The third-order valence-electron chi connectivity index (χ3n) is 2.02. The molecule has 2 nitrogen and oxygen atoms in total. The second-order valence-electron chi connectivity index (χ2n) is 3.16. The number of rotatable bonds is 2. The number of aliphatic hydroxyl groups is 1. The largest absolute Gasteiger partial charge is 0.416 e. The Kier molecular flexibility index (Phi) is 5.86. The highest BCUT2D eigenvalue weighted by atomic mass is 79.9. The number of aliphatic hydroxyl groups excluding tert-OH is 1. The van der Waals surface area contributed by atoms with E-state index in [1.165, 1.54) is 12.1 Å². The van der Waals surface area contributed by atoms with Gasteiger partial charge in [0.15, 0.2) is 6.10 Å². The van der Waals surface area contributed by atoms with E-state index in [1.54, 1.807) is 0 Å². The number of hydrogen-bond acceptors (Lipinski definition) is 2. The first-order valence-corrected chi connectivity index (χ1v) is 4.98. The molecule has 1 aromatic carbocycles. The van der Waals surface area contributed by atoms with Crippen molar-refractivity contribution >= 4 is 28.3 Å². The van der Waals surface area contributed by atoms with Crippen LogP contribution in [0.2, 0.25) is 0 Å². The van der Waals surface area contributed by atoms with Crippen molar-refractivity contribution in [2.24, 2.45) is 5.73 Å². The summed E-state index contributed by atoms with van der Waals surface area (Å²) in [6.45, 7) is 0. The van der Waals surface area contributed by atoms with Crippen LogP contribution in [0.25, 0.3) is 0 Å². The Hall–Kier alpha value is -0.370. The van der Waals surface area contributed by atoms with Gasteiger partial charge in [0.2, 0.25) is 0 Å². The molecular formula is C9H9BrClF4NO. The molecule has 0 saturated heterocycles. The molecule has 0 aromatic heterocycles. The van der Waals surface area contributed by atoms with Gasteiger partial charge in [0.05, 0.1) is 10.5 Å². The molecule has 0 aliphatic rings. The van der Waals surface area contributed by atoms with E-state index in [2.05, 4.69) is 15.9 Å². The van der Waals surface area contributed by atoms with Gasteiger partial charge in [-0.25, -0.2) is 4.39 Å². The summed E-state index contributed by atoms with van der Waals surface area (Å²) in [4.78, 5) is 0. The fourth-order valence-electron chi connectivity index (χ4n) is 1.15. The minimum atomic E-state index is -4.84. The Morgan fingerprint density at radius 2 is 1.82 bits per heavy atom. The number of halogens is 6. The molecule has 17 heavy (non-hydrogen) atoms. The lowest BCUT2D eigenvalue weighted by molar-refractivity contribution is -0.210. The van der Waals surface area contributed by atoms with Gasteiger partial charge in [-0.1, -0.05) is 12.1 Å². The van der Waals surface area contributed by atoms with Gasteiger partial charge in [-0.3, -0.25) is 0 Å². The molecule has 2 atom stereocenters. The number of benzene rings is 1. The normalized spacial score (nSPS) is 15.0. The fourth-order valence-corrected chi connectivity index (χ4v) is 1.68. The lowest BCUT2D eigenvalue weighted by atomic mass is 10.0. The average molecular weight is 339 g/mol. The summed E-state index contributed by atoms with van der Waals surface area (Å²) < 4.78 is 49.4. The van der Waals surface area contributed by atoms with Gasteiger partial charge in [-0.2, -0.15) is 13.2 Å². The summed E-state index contributed by atoms with van der Waals surface area (Å²) in [5.74, 6) is -0.734. The number of alkyl halides is 3. The third kappa shape index (κ3) is 3.80. The van der Waals surface area contributed by atoms with Crippen molar-refractivity contribution < 1.29 is 22.7 Å². The predicted molar refractivity (Wildman–Crippen MR) is 60.3 cm³/mol. The molecule has 1 aromatic rings. The van der Waals surface area contributed by atoms with Crippen molar-refractivity contribution in [3.8, 4) is 0 Å². The molecule has 8 heteroatoms. The lowest BCUT2D eigenvalue weighted by Gasteiger charge is -2.22. The van der Waals surface area contributed by atoms with E-state index in [0.29, 0.717) is 0 Å². The van der Waals surface area contributed by atoms with Crippen LogP contribution in [0.4, 0.5) is 17.6 Å². The number of hydrogen-bond donors (Lipinski definition) is 2. The van der Waals surface area contributed by atoms with Gasteiger partial charge in [0.1, 0.15) is 5.82 Å². The van der Waals surface area contributed by atoms with E-state index >= 15 is 0 Å². The van der Waals surface area contributed by atoms with E-state index in [4.69, 9.17) is 10.8 Å².